The molecule has 1 aromatic rings. The Balaban J connectivity index is 0.000000901. The van der Waals surface area contributed by atoms with Crippen molar-refractivity contribution in [3.05, 3.63) is 29.8 Å². The molecular weight excluding hydrogens is 379 g/mol. The Bertz CT molecular complexity index is 591. The molecule has 1 saturated heterocycles. The van der Waals surface area contributed by atoms with Gasteiger partial charge in [0, 0.05) is 32.2 Å². The van der Waals surface area contributed by atoms with E-state index in [0.717, 1.165) is 30.0 Å². The molecule has 1 heterocycles. The van der Waals surface area contributed by atoms with E-state index in [9.17, 15) is 4.79 Å². The summed E-state index contributed by atoms with van der Waals surface area (Å²) in [4.78, 5) is 10.5. The number of hydrogen-bond donors (Lipinski definition) is 1. The number of hydrogen-bond acceptors (Lipinski definition) is 4. The minimum atomic E-state index is -0.745. The predicted molar refractivity (Wildman–Crippen MR) is 125 cm³/mol. The van der Waals surface area contributed by atoms with E-state index in [1.165, 1.54) is 0 Å². The molecule has 0 bridgehead atoms. The molecule has 0 aliphatic carbocycles. The molecule has 1 aromatic carbocycles. The standard InChI is InChI=1S/C17H25BO4.C4H10.C3H8O/c1-16(2)12-21-18(22-17(16,3)4)14-10-8-13(9-11-14)6-5-7-15(19)20;1-4(2)3;1-3-4-2/h8-11H,5-7,12H2,1-4H3,(H,19,20);4H,1-3H3;3H2,1-2H3. The second-order valence-electron chi connectivity index (χ2n) is 9.45. The molecule has 0 unspecified atom stereocenters. The normalized spacial score (nSPS) is 16.8. The molecule has 0 spiro atoms. The average molecular weight is 422 g/mol. The lowest BCUT2D eigenvalue weighted by Gasteiger charge is -2.47. The van der Waals surface area contributed by atoms with Crippen molar-refractivity contribution >= 4 is 18.6 Å². The first-order valence-corrected chi connectivity index (χ1v) is 10.9. The minimum absolute atomic E-state index is 0.0275. The van der Waals surface area contributed by atoms with Crippen molar-refractivity contribution in [1.29, 1.82) is 0 Å². The summed E-state index contributed by atoms with van der Waals surface area (Å²) in [5.74, 6) is 0.0884. The average Bonchev–Trinajstić information content (AvgIpc) is 2.64. The monoisotopic (exact) mass is 422 g/mol. The van der Waals surface area contributed by atoms with Crippen LogP contribution in [0.15, 0.2) is 24.3 Å². The van der Waals surface area contributed by atoms with E-state index in [2.05, 4.69) is 53.2 Å². The highest BCUT2D eigenvalue weighted by Crippen LogP contribution is 2.37. The first-order chi connectivity index (χ1) is 13.9. The Labute approximate surface area is 184 Å². The van der Waals surface area contributed by atoms with Crippen molar-refractivity contribution in [2.75, 3.05) is 20.3 Å². The predicted octanol–water partition coefficient (Wildman–Crippen LogP) is 4.96. The van der Waals surface area contributed by atoms with E-state index in [0.29, 0.717) is 13.0 Å². The molecule has 0 amide bonds. The zero-order chi connectivity index (χ0) is 23.4. The molecule has 0 aromatic heterocycles. The zero-order valence-corrected chi connectivity index (χ0v) is 20.6. The highest BCUT2D eigenvalue weighted by atomic mass is 16.6. The Morgan fingerprint density at radius 3 is 2.07 bits per heavy atom. The maximum absolute atomic E-state index is 10.5. The Kier molecular flexibility index (Phi) is 13.2. The van der Waals surface area contributed by atoms with Crippen LogP contribution in [0, 0.1) is 11.3 Å². The van der Waals surface area contributed by atoms with Gasteiger partial charge in [0.1, 0.15) is 0 Å². The summed E-state index contributed by atoms with van der Waals surface area (Å²) in [7, 11) is 1.34. The summed E-state index contributed by atoms with van der Waals surface area (Å²) in [5.41, 5.74) is 1.86. The third-order valence-corrected chi connectivity index (χ3v) is 5.02. The second kappa shape index (κ2) is 13.8. The lowest BCUT2D eigenvalue weighted by atomic mass is 9.69. The molecule has 1 aliphatic rings. The smallest absolute Gasteiger partial charge is 0.481 e. The van der Waals surface area contributed by atoms with Crippen molar-refractivity contribution in [2.45, 2.75) is 80.3 Å². The Morgan fingerprint density at radius 1 is 1.17 bits per heavy atom. The highest BCUT2D eigenvalue weighted by Gasteiger charge is 2.46. The van der Waals surface area contributed by atoms with Crippen molar-refractivity contribution in [3.8, 4) is 0 Å². The third-order valence-electron chi connectivity index (χ3n) is 5.02. The van der Waals surface area contributed by atoms with Crippen LogP contribution in [0.1, 0.15) is 73.8 Å². The van der Waals surface area contributed by atoms with E-state index >= 15 is 0 Å². The topological polar surface area (TPSA) is 65.0 Å². The zero-order valence-electron chi connectivity index (χ0n) is 20.6. The molecule has 6 heteroatoms. The van der Waals surface area contributed by atoms with Crippen LogP contribution in [0.25, 0.3) is 0 Å². The number of methoxy groups -OCH3 is 1. The van der Waals surface area contributed by atoms with Gasteiger partial charge in [-0.15, -0.1) is 0 Å². The summed E-state index contributed by atoms with van der Waals surface area (Å²) in [5, 5.41) is 8.66. The first-order valence-electron chi connectivity index (χ1n) is 10.9. The second-order valence-corrected chi connectivity index (χ2v) is 9.45. The molecule has 5 nitrogen and oxygen atoms in total. The van der Waals surface area contributed by atoms with Crippen LogP contribution in [0.2, 0.25) is 0 Å². The highest BCUT2D eigenvalue weighted by molar-refractivity contribution is 6.61. The molecular formula is C24H43BO5. The van der Waals surface area contributed by atoms with Crippen molar-refractivity contribution in [1.82, 2.24) is 0 Å². The maximum atomic E-state index is 10.5. The molecule has 1 aliphatic heterocycles. The van der Waals surface area contributed by atoms with Gasteiger partial charge in [0.15, 0.2) is 0 Å². The van der Waals surface area contributed by atoms with Gasteiger partial charge in [0.2, 0.25) is 0 Å². The first kappa shape index (κ1) is 28.6. The molecule has 172 valence electrons. The lowest BCUT2D eigenvalue weighted by Crippen LogP contribution is -2.58. The lowest BCUT2D eigenvalue weighted by molar-refractivity contribution is -0.137. The molecule has 30 heavy (non-hydrogen) atoms. The Morgan fingerprint density at radius 2 is 1.67 bits per heavy atom. The van der Waals surface area contributed by atoms with Crippen molar-refractivity contribution in [2.24, 2.45) is 11.3 Å². The van der Waals surface area contributed by atoms with E-state index in [-0.39, 0.29) is 24.6 Å². The van der Waals surface area contributed by atoms with Gasteiger partial charge in [-0.1, -0.05) is 58.9 Å². The molecule has 1 fully saturated rings. The van der Waals surface area contributed by atoms with Gasteiger partial charge in [-0.25, -0.2) is 0 Å². The van der Waals surface area contributed by atoms with E-state index in [1.807, 2.05) is 31.2 Å². The summed E-state index contributed by atoms with van der Waals surface area (Å²) >= 11 is 0. The molecule has 0 atom stereocenters. The van der Waals surface area contributed by atoms with Gasteiger partial charge in [-0.2, -0.15) is 0 Å². The minimum Gasteiger partial charge on any atom is -0.481 e. The van der Waals surface area contributed by atoms with Gasteiger partial charge in [0.25, 0.3) is 0 Å². The van der Waals surface area contributed by atoms with Crippen LogP contribution in [0.3, 0.4) is 0 Å². The van der Waals surface area contributed by atoms with Crippen LogP contribution in [-0.2, 0) is 25.3 Å². The van der Waals surface area contributed by atoms with E-state index in [4.69, 9.17) is 14.4 Å². The molecule has 0 saturated carbocycles. The summed E-state index contributed by atoms with van der Waals surface area (Å²) in [6.07, 6.45) is 1.64. The Hall–Kier alpha value is -1.37. The maximum Gasteiger partial charge on any atom is 0.494 e. The summed E-state index contributed by atoms with van der Waals surface area (Å²) < 4.78 is 16.5. The van der Waals surface area contributed by atoms with Crippen LogP contribution in [0.4, 0.5) is 0 Å². The fourth-order valence-electron chi connectivity index (χ4n) is 2.37. The van der Waals surface area contributed by atoms with Gasteiger partial charge in [0.05, 0.1) is 5.60 Å². The van der Waals surface area contributed by atoms with Gasteiger partial charge in [-0.3, -0.25) is 4.79 Å². The van der Waals surface area contributed by atoms with Gasteiger partial charge in [-0.05, 0) is 50.6 Å². The van der Waals surface area contributed by atoms with Gasteiger partial charge < -0.3 is 19.2 Å². The summed E-state index contributed by atoms with van der Waals surface area (Å²) in [6.45, 7) is 18.4. The number of carboxylic acid groups (broad SMARTS) is 1. The quantitative estimate of drug-likeness (QED) is 0.657. The summed E-state index contributed by atoms with van der Waals surface area (Å²) in [6, 6.07) is 8.07. The number of carboxylic acids is 1. The van der Waals surface area contributed by atoms with Gasteiger partial charge >= 0.3 is 13.1 Å². The number of aryl methyl sites for hydroxylation is 1. The number of benzene rings is 1. The van der Waals surface area contributed by atoms with Crippen LogP contribution in [0.5, 0.6) is 0 Å². The number of rotatable bonds is 6. The fraction of sp³-hybridized carbons (Fsp3) is 0.708. The number of aliphatic carboxylic acids is 1. The molecule has 0 radical (unpaired) electrons. The SMILES string of the molecule is CC(C)C.CC1(C)COB(c2ccc(CCCC(=O)O)cc2)OC1(C)C.CCOC. The van der Waals surface area contributed by atoms with Crippen molar-refractivity contribution < 1.29 is 23.9 Å². The molecule has 1 N–H and O–H groups in total. The number of ether oxygens (including phenoxy) is 1. The third kappa shape index (κ3) is 11.1. The number of carbonyl (C=O) groups is 1. The van der Waals surface area contributed by atoms with E-state index in [1.54, 1.807) is 7.11 Å². The van der Waals surface area contributed by atoms with Crippen molar-refractivity contribution in [3.63, 3.8) is 0 Å². The van der Waals surface area contributed by atoms with Crippen LogP contribution >= 0.6 is 0 Å². The molecule has 2 rings (SSSR count). The van der Waals surface area contributed by atoms with Crippen LogP contribution < -0.4 is 5.46 Å². The van der Waals surface area contributed by atoms with Crippen LogP contribution in [-0.4, -0.2) is 44.1 Å². The van der Waals surface area contributed by atoms with E-state index < -0.39 is 5.97 Å². The largest absolute Gasteiger partial charge is 0.494 e. The fourth-order valence-corrected chi connectivity index (χ4v) is 2.37.